The van der Waals surface area contributed by atoms with Crippen molar-refractivity contribution < 1.29 is 14.3 Å². The van der Waals surface area contributed by atoms with Gasteiger partial charge in [-0.15, -0.1) is 0 Å². The van der Waals surface area contributed by atoms with Crippen molar-refractivity contribution in [1.29, 1.82) is 0 Å². The highest BCUT2D eigenvalue weighted by Gasteiger charge is 2.35. The second kappa shape index (κ2) is 5.72. The fourth-order valence-corrected chi connectivity index (χ4v) is 3.25. The number of hydrogen-bond donors (Lipinski definition) is 1. The maximum atomic E-state index is 13.2. The van der Waals surface area contributed by atoms with Gasteiger partial charge in [0.2, 0.25) is 0 Å². The summed E-state index contributed by atoms with van der Waals surface area (Å²) >= 11 is 0. The SMILES string of the molecule is O=C(c1ccc2cncn2c1)N1C[C@@H](O)C[C@@H]1c1ccc(F)cc1. The molecule has 4 rings (SSSR count). The lowest BCUT2D eigenvalue weighted by Gasteiger charge is -2.25. The molecule has 1 aromatic carbocycles. The summed E-state index contributed by atoms with van der Waals surface area (Å²) in [5.74, 6) is -0.475. The number of aromatic nitrogens is 2. The molecule has 6 heteroatoms. The molecule has 1 N–H and O–H groups in total. The third kappa shape index (κ3) is 2.55. The molecule has 0 radical (unpaired) electrons. The summed E-state index contributed by atoms with van der Waals surface area (Å²) in [6, 6.07) is 9.41. The van der Waals surface area contributed by atoms with Crippen molar-refractivity contribution in [3.8, 4) is 0 Å². The number of hydrogen-bond acceptors (Lipinski definition) is 3. The largest absolute Gasteiger partial charge is 0.391 e. The van der Waals surface area contributed by atoms with Gasteiger partial charge in [0.1, 0.15) is 5.82 Å². The Labute approximate surface area is 138 Å². The van der Waals surface area contributed by atoms with E-state index in [0.717, 1.165) is 11.1 Å². The number of amides is 1. The highest BCUT2D eigenvalue weighted by molar-refractivity contribution is 5.94. The Morgan fingerprint density at radius 1 is 1.21 bits per heavy atom. The summed E-state index contributed by atoms with van der Waals surface area (Å²) in [5, 5.41) is 10.0. The molecule has 0 saturated carbocycles. The molecule has 0 spiro atoms. The number of rotatable bonds is 2. The molecule has 2 atom stereocenters. The normalized spacial score (nSPS) is 20.7. The summed E-state index contributed by atoms with van der Waals surface area (Å²) in [4.78, 5) is 18.6. The molecule has 1 saturated heterocycles. The lowest BCUT2D eigenvalue weighted by atomic mass is 10.0. The van der Waals surface area contributed by atoms with E-state index in [1.807, 2.05) is 6.07 Å². The second-order valence-electron chi connectivity index (χ2n) is 6.06. The smallest absolute Gasteiger partial charge is 0.255 e. The van der Waals surface area contributed by atoms with Crippen LogP contribution in [-0.4, -0.2) is 37.9 Å². The number of benzene rings is 1. The molecule has 1 aliphatic heterocycles. The van der Waals surface area contributed by atoms with Crippen LogP contribution in [0.25, 0.3) is 5.52 Å². The van der Waals surface area contributed by atoms with Crippen molar-refractivity contribution in [3.63, 3.8) is 0 Å². The quantitative estimate of drug-likeness (QED) is 0.787. The van der Waals surface area contributed by atoms with Gasteiger partial charge in [0.05, 0.1) is 35.8 Å². The minimum absolute atomic E-state index is 0.156. The number of imidazole rings is 1. The third-order valence-corrected chi connectivity index (χ3v) is 4.45. The fraction of sp³-hybridized carbons (Fsp3) is 0.222. The number of fused-ring (bicyclic) bond motifs is 1. The van der Waals surface area contributed by atoms with E-state index in [-0.39, 0.29) is 24.3 Å². The van der Waals surface area contributed by atoms with E-state index in [1.54, 1.807) is 46.2 Å². The first-order valence-corrected chi connectivity index (χ1v) is 7.78. The molecule has 0 aliphatic carbocycles. The van der Waals surface area contributed by atoms with Gasteiger partial charge in [0.25, 0.3) is 5.91 Å². The van der Waals surface area contributed by atoms with Gasteiger partial charge in [-0.2, -0.15) is 0 Å². The monoisotopic (exact) mass is 325 g/mol. The molecule has 0 bridgehead atoms. The molecule has 3 aromatic rings. The topological polar surface area (TPSA) is 57.8 Å². The number of halogens is 1. The van der Waals surface area contributed by atoms with E-state index < -0.39 is 6.10 Å². The number of aliphatic hydroxyl groups excluding tert-OH is 1. The van der Waals surface area contributed by atoms with E-state index in [4.69, 9.17) is 0 Å². The zero-order valence-corrected chi connectivity index (χ0v) is 12.8. The van der Waals surface area contributed by atoms with Gasteiger partial charge in [-0.25, -0.2) is 9.37 Å². The van der Waals surface area contributed by atoms with Crippen LogP contribution in [0.5, 0.6) is 0 Å². The van der Waals surface area contributed by atoms with Crippen molar-refractivity contribution in [2.75, 3.05) is 6.54 Å². The molecular formula is C18H16FN3O2. The van der Waals surface area contributed by atoms with Crippen LogP contribution in [0.4, 0.5) is 4.39 Å². The molecule has 2 aromatic heterocycles. The van der Waals surface area contributed by atoms with Gasteiger partial charge < -0.3 is 14.4 Å². The minimum atomic E-state index is -0.582. The predicted molar refractivity (Wildman–Crippen MR) is 86.0 cm³/mol. The Morgan fingerprint density at radius 2 is 2.00 bits per heavy atom. The van der Waals surface area contributed by atoms with Crippen LogP contribution in [0.3, 0.4) is 0 Å². The summed E-state index contributed by atoms with van der Waals surface area (Å²) in [6.45, 7) is 0.267. The third-order valence-electron chi connectivity index (χ3n) is 4.45. The summed E-state index contributed by atoms with van der Waals surface area (Å²) in [6.07, 6.45) is 4.96. The Balaban J connectivity index is 1.67. The minimum Gasteiger partial charge on any atom is -0.391 e. The summed E-state index contributed by atoms with van der Waals surface area (Å²) < 4.78 is 14.9. The van der Waals surface area contributed by atoms with Gasteiger partial charge in [-0.05, 0) is 36.2 Å². The molecule has 24 heavy (non-hydrogen) atoms. The Bertz CT molecular complexity index is 891. The summed E-state index contributed by atoms with van der Waals surface area (Å²) in [7, 11) is 0. The first-order chi connectivity index (χ1) is 11.6. The van der Waals surface area contributed by atoms with E-state index >= 15 is 0 Å². The molecular weight excluding hydrogens is 309 g/mol. The Kier molecular flexibility index (Phi) is 3.54. The van der Waals surface area contributed by atoms with Crippen molar-refractivity contribution in [1.82, 2.24) is 14.3 Å². The molecule has 1 aliphatic rings. The lowest BCUT2D eigenvalue weighted by Crippen LogP contribution is -2.32. The highest BCUT2D eigenvalue weighted by atomic mass is 19.1. The maximum absolute atomic E-state index is 13.2. The maximum Gasteiger partial charge on any atom is 0.255 e. The van der Waals surface area contributed by atoms with E-state index in [0.29, 0.717) is 12.0 Å². The lowest BCUT2D eigenvalue weighted by molar-refractivity contribution is 0.0715. The molecule has 1 fully saturated rings. The summed E-state index contributed by atoms with van der Waals surface area (Å²) in [5.41, 5.74) is 2.26. The van der Waals surface area contributed by atoms with Crippen LogP contribution in [0.2, 0.25) is 0 Å². The number of carbonyl (C=O) groups excluding carboxylic acids is 1. The predicted octanol–water partition coefficient (Wildman–Crippen LogP) is 2.42. The van der Waals surface area contributed by atoms with Crippen LogP contribution < -0.4 is 0 Å². The average molecular weight is 325 g/mol. The van der Waals surface area contributed by atoms with Gasteiger partial charge in [-0.3, -0.25) is 4.79 Å². The van der Waals surface area contributed by atoms with Gasteiger partial charge in [-0.1, -0.05) is 12.1 Å². The zero-order valence-electron chi connectivity index (χ0n) is 12.8. The molecule has 0 unspecified atom stereocenters. The van der Waals surface area contributed by atoms with E-state index in [9.17, 15) is 14.3 Å². The molecule has 5 nitrogen and oxygen atoms in total. The molecule has 122 valence electrons. The van der Waals surface area contributed by atoms with E-state index in [1.165, 1.54) is 12.1 Å². The van der Waals surface area contributed by atoms with Crippen molar-refractivity contribution >= 4 is 11.4 Å². The van der Waals surface area contributed by atoms with Crippen molar-refractivity contribution in [2.45, 2.75) is 18.6 Å². The standard InChI is InChI=1S/C18H16FN3O2/c19-14-4-1-12(2-5-14)17-7-16(23)10-22(17)18(24)13-3-6-15-8-20-11-21(15)9-13/h1-6,8-9,11,16-17,23H,7,10H2/t16-,17+/m0/s1. The van der Waals surface area contributed by atoms with E-state index in [2.05, 4.69) is 4.98 Å². The van der Waals surface area contributed by atoms with Crippen molar-refractivity contribution in [3.05, 3.63) is 72.1 Å². The number of carbonyl (C=O) groups is 1. The fourth-order valence-electron chi connectivity index (χ4n) is 3.25. The van der Waals surface area contributed by atoms with Gasteiger partial charge >= 0.3 is 0 Å². The molecule has 3 heterocycles. The average Bonchev–Trinajstić information content (AvgIpc) is 3.20. The highest BCUT2D eigenvalue weighted by Crippen LogP contribution is 2.33. The van der Waals surface area contributed by atoms with Crippen LogP contribution in [-0.2, 0) is 0 Å². The van der Waals surface area contributed by atoms with Crippen LogP contribution in [0.1, 0.15) is 28.4 Å². The van der Waals surface area contributed by atoms with Gasteiger partial charge in [0, 0.05) is 12.7 Å². The Hall–Kier alpha value is -2.73. The van der Waals surface area contributed by atoms with Crippen LogP contribution >= 0.6 is 0 Å². The Morgan fingerprint density at radius 3 is 2.79 bits per heavy atom. The number of nitrogens with zero attached hydrogens (tertiary/aromatic N) is 3. The van der Waals surface area contributed by atoms with Crippen LogP contribution in [0, 0.1) is 5.82 Å². The van der Waals surface area contributed by atoms with Crippen LogP contribution in [0.15, 0.2) is 55.1 Å². The molecule has 1 amide bonds. The number of likely N-dealkylation sites (tertiary alicyclic amines) is 1. The van der Waals surface area contributed by atoms with Gasteiger partial charge in [0.15, 0.2) is 0 Å². The zero-order chi connectivity index (χ0) is 16.7. The first-order valence-electron chi connectivity index (χ1n) is 7.78. The van der Waals surface area contributed by atoms with Crippen molar-refractivity contribution in [2.24, 2.45) is 0 Å². The first kappa shape index (κ1) is 14.8. The number of pyridine rings is 1. The number of aliphatic hydroxyl groups is 1. The number of β-amino-alcohol motifs (C(OH)–C–C–N with tert-alkyl or cyclic N) is 1. The second-order valence-corrected chi connectivity index (χ2v) is 6.06.